The lowest BCUT2D eigenvalue weighted by Crippen LogP contribution is -2.45. The first kappa shape index (κ1) is 18.7. The Hall–Kier alpha value is -2.67. The third-order valence-electron chi connectivity index (χ3n) is 5.52. The fourth-order valence-corrected chi connectivity index (χ4v) is 4.15. The molecular formula is C20H19ClFN4O2. The van der Waals surface area contributed by atoms with Crippen molar-refractivity contribution in [2.75, 3.05) is 5.32 Å². The summed E-state index contributed by atoms with van der Waals surface area (Å²) in [6, 6.07) is 5.61. The molecule has 0 bridgehead atoms. The molecule has 1 saturated carbocycles. The van der Waals surface area contributed by atoms with E-state index in [4.69, 9.17) is 11.6 Å². The van der Waals surface area contributed by atoms with E-state index in [0.717, 1.165) is 6.42 Å². The third-order valence-corrected chi connectivity index (χ3v) is 5.82. The Kier molecular flexibility index (Phi) is 4.71. The SMILES string of the molecule is [CH2]CC(n1cc(Cl)c2cnc(Nc3cccc(F)c3)nc21)C1(C(=O)O)CCC1. The standard InChI is InChI=1S/C20H19ClFN4O2/c1-2-16(20(18(27)28)7-4-8-20)26-11-15(21)14-10-23-19(25-17(14)26)24-13-6-3-5-12(22)9-13/h3,5-6,9-11,16H,1-2,4,7-8H2,(H,27,28)(H,23,24,25). The van der Waals surface area contributed by atoms with Gasteiger partial charge in [0, 0.05) is 18.1 Å². The number of carboxylic acid groups (broad SMARTS) is 1. The van der Waals surface area contributed by atoms with Gasteiger partial charge in [0.05, 0.1) is 21.9 Å². The maximum atomic E-state index is 13.4. The molecule has 1 atom stereocenters. The third kappa shape index (κ3) is 2.99. The molecule has 3 aromatic rings. The van der Waals surface area contributed by atoms with E-state index < -0.39 is 11.4 Å². The van der Waals surface area contributed by atoms with Crippen LogP contribution in [0.15, 0.2) is 36.7 Å². The van der Waals surface area contributed by atoms with E-state index in [9.17, 15) is 14.3 Å². The van der Waals surface area contributed by atoms with E-state index in [-0.39, 0.29) is 17.8 Å². The number of anilines is 2. The predicted molar refractivity (Wildman–Crippen MR) is 105 cm³/mol. The van der Waals surface area contributed by atoms with E-state index in [2.05, 4.69) is 22.2 Å². The van der Waals surface area contributed by atoms with Crippen molar-refractivity contribution in [1.29, 1.82) is 0 Å². The second-order valence-electron chi connectivity index (χ2n) is 7.07. The van der Waals surface area contributed by atoms with Gasteiger partial charge >= 0.3 is 5.97 Å². The number of hydrogen-bond acceptors (Lipinski definition) is 4. The molecule has 1 fully saturated rings. The highest BCUT2D eigenvalue weighted by atomic mass is 35.5. The highest BCUT2D eigenvalue weighted by Crippen LogP contribution is 2.52. The fourth-order valence-electron chi connectivity index (χ4n) is 3.91. The van der Waals surface area contributed by atoms with Crippen molar-refractivity contribution in [3.8, 4) is 0 Å². The molecule has 1 aliphatic carbocycles. The van der Waals surface area contributed by atoms with Crippen LogP contribution >= 0.6 is 11.6 Å². The van der Waals surface area contributed by atoms with E-state index in [1.807, 2.05) is 0 Å². The van der Waals surface area contributed by atoms with Crippen LogP contribution in [0.4, 0.5) is 16.0 Å². The van der Waals surface area contributed by atoms with Crippen LogP contribution in [-0.2, 0) is 4.79 Å². The number of carboxylic acids is 1. The Labute approximate surface area is 166 Å². The number of nitrogens with one attached hydrogen (secondary N) is 1. The van der Waals surface area contributed by atoms with Crippen molar-refractivity contribution >= 4 is 40.2 Å². The van der Waals surface area contributed by atoms with Crippen LogP contribution in [0, 0.1) is 18.2 Å². The molecular weight excluding hydrogens is 383 g/mol. The first-order valence-corrected chi connectivity index (χ1v) is 9.41. The number of rotatable bonds is 6. The average Bonchev–Trinajstić information content (AvgIpc) is 2.93. The summed E-state index contributed by atoms with van der Waals surface area (Å²) in [5.74, 6) is -0.921. The second-order valence-corrected chi connectivity index (χ2v) is 7.48. The summed E-state index contributed by atoms with van der Waals surface area (Å²) in [6.45, 7) is 3.98. The number of aliphatic carboxylic acids is 1. The minimum atomic E-state index is -0.863. The summed E-state index contributed by atoms with van der Waals surface area (Å²) < 4.78 is 15.2. The Bertz CT molecular complexity index is 1050. The zero-order chi connectivity index (χ0) is 19.9. The number of aromatic nitrogens is 3. The Balaban J connectivity index is 1.77. The van der Waals surface area contributed by atoms with Crippen LogP contribution in [0.2, 0.25) is 5.02 Å². The Morgan fingerprint density at radius 2 is 2.25 bits per heavy atom. The van der Waals surface area contributed by atoms with Crippen molar-refractivity contribution < 1.29 is 14.3 Å². The van der Waals surface area contributed by atoms with Crippen LogP contribution in [-0.4, -0.2) is 25.6 Å². The molecule has 0 amide bonds. The zero-order valence-electron chi connectivity index (χ0n) is 15.0. The summed E-state index contributed by atoms with van der Waals surface area (Å²) in [6.07, 6.45) is 5.74. The van der Waals surface area contributed by atoms with Crippen LogP contribution in [0.25, 0.3) is 11.0 Å². The van der Waals surface area contributed by atoms with Crippen molar-refractivity contribution in [3.05, 3.63) is 54.4 Å². The molecule has 4 rings (SSSR count). The van der Waals surface area contributed by atoms with Gasteiger partial charge in [0.15, 0.2) is 0 Å². The molecule has 28 heavy (non-hydrogen) atoms. The average molecular weight is 402 g/mol. The van der Waals surface area contributed by atoms with E-state index in [1.165, 1.54) is 12.1 Å². The summed E-state index contributed by atoms with van der Waals surface area (Å²) in [5.41, 5.74) is 0.177. The van der Waals surface area contributed by atoms with Crippen molar-refractivity contribution in [1.82, 2.24) is 14.5 Å². The number of halogens is 2. The highest BCUT2D eigenvalue weighted by Gasteiger charge is 2.51. The zero-order valence-corrected chi connectivity index (χ0v) is 15.8. The molecule has 2 aromatic heterocycles. The Morgan fingerprint density at radius 3 is 2.86 bits per heavy atom. The molecule has 0 saturated heterocycles. The van der Waals surface area contributed by atoms with Gasteiger partial charge in [-0.05, 0) is 37.5 Å². The van der Waals surface area contributed by atoms with Gasteiger partial charge in [0.2, 0.25) is 5.95 Å². The molecule has 145 valence electrons. The van der Waals surface area contributed by atoms with Gasteiger partial charge in [-0.2, -0.15) is 4.98 Å². The minimum absolute atomic E-state index is 0.273. The molecule has 1 aliphatic rings. The van der Waals surface area contributed by atoms with Gasteiger partial charge in [-0.3, -0.25) is 4.79 Å². The van der Waals surface area contributed by atoms with Crippen LogP contribution < -0.4 is 5.32 Å². The fraction of sp³-hybridized carbons (Fsp3) is 0.300. The van der Waals surface area contributed by atoms with Crippen molar-refractivity contribution in [2.24, 2.45) is 5.41 Å². The van der Waals surface area contributed by atoms with E-state index >= 15 is 0 Å². The maximum Gasteiger partial charge on any atom is 0.311 e. The first-order chi connectivity index (χ1) is 13.4. The number of carbonyl (C=O) groups is 1. The van der Waals surface area contributed by atoms with Gasteiger partial charge in [-0.25, -0.2) is 9.37 Å². The van der Waals surface area contributed by atoms with Gasteiger partial charge in [-0.15, -0.1) is 0 Å². The summed E-state index contributed by atoms with van der Waals surface area (Å²) >= 11 is 6.36. The number of nitrogens with zero attached hydrogens (tertiary/aromatic N) is 3. The summed E-state index contributed by atoms with van der Waals surface area (Å²) in [7, 11) is 0. The van der Waals surface area contributed by atoms with Crippen LogP contribution in [0.5, 0.6) is 0 Å². The molecule has 6 nitrogen and oxygen atoms in total. The lowest BCUT2D eigenvalue weighted by molar-refractivity contribution is -0.158. The van der Waals surface area contributed by atoms with Crippen LogP contribution in [0.3, 0.4) is 0 Å². The highest BCUT2D eigenvalue weighted by molar-refractivity contribution is 6.35. The van der Waals surface area contributed by atoms with E-state index in [0.29, 0.717) is 41.0 Å². The van der Waals surface area contributed by atoms with Gasteiger partial charge in [-0.1, -0.05) is 31.0 Å². The van der Waals surface area contributed by atoms with Gasteiger partial charge in [0.25, 0.3) is 0 Å². The Morgan fingerprint density at radius 1 is 1.46 bits per heavy atom. The molecule has 0 aliphatic heterocycles. The van der Waals surface area contributed by atoms with E-state index in [1.54, 1.807) is 29.1 Å². The lowest BCUT2D eigenvalue weighted by Gasteiger charge is -2.44. The molecule has 1 radical (unpaired) electrons. The normalized spacial score (nSPS) is 16.5. The van der Waals surface area contributed by atoms with Crippen LogP contribution in [0.1, 0.15) is 31.7 Å². The van der Waals surface area contributed by atoms with Gasteiger partial charge < -0.3 is 15.0 Å². The smallest absolute Gasteiger partial charge is 0.311 e. The second kappa shape index (κ2) is 7.05. The summed E-state index contributed by atoms with van der Waals surface area (Å²) in [5, 5.41) is 13.9. The lowest BCUT2D eigenvalue weighted by atomic mass is 9.63. The molecule has 0 spiro atoms. The quantitative estimate of drug-likeness (QED) is 0.608. The molecule has 2 heterocycles. The summed E-state index contributed by atoms with van der Waals surface area (Å²) in [4.78, 5) is 20.8. The maximum absolute atomic E-state index is 13.4. The largest absolute Gasteiger partial charge is 0.481 e. The first-order valence-electron chi connectivity index (χ1n) is 9.03. The molecule has 8 heteroatoms. The van der Waals surface area contributed by atoms with Gasteiger partial charge in [0.1, 0.15) is 11.5 Å². The van der Waals surface area contributed by atoms with Crippen molar-refractivity contribution in [3.63, 3.8) is 0 Å². The molecule has 2 N–H and O–H groups in total. The number of benzene rings is 1. The topological polar surface area (TPSA) is 80.0 Å². The number of fused-ring (bicyclic) bond motifs is 1. The minimum Gasteiger partial charge on any atom is -0.481 e. The molecule has 1 aromatic carbocycles. The van der Waals surface area contributed by atoms with Crippen molar-refractivity contribution in [2.45, 2.75) is 31.7 Å². The predicted octanol–water partition coefficient (Wildman–Crippen LogP) is 4.99. The number of hydrogen-bond donors (Lipinski definition) is 2. The monoisotopic (exact) mass is 401 g/mol. The molecule has 1 unspecified atom stereocenters.